The van der Waals surface area contributed by atoms with Crippen LogP contribution in [0.15, 0.2) is 42.5 Å². The lowest BCUT2D eigenvalue weighted by molar-refractivity contribution is -0.111. The van der Waals surface area contributed by atoms with Gasteiger partial charge in [-0.1, -0.05) is 37.6 Å². The molecule has 2 aromatic carbocycles. The maximum absolute atomic E-state index is 12.3. The average Bonchev–Trinajstić information content (AvgIpc) is 2.65. The standard InChI is InChI=1S/C23H29NO3/c1-5-7-15-27-20-13-11-19(16-21(20)26-6-2)12-14-22(25)24-23-17(3)9-8-10-18(23)4/h8-14,16H,5-7,15H2,1-4H3,(H,24,25)/b14-12+. The third kappa shape index (κ3) is 6.17. The van der Waals surface area contributed by atoms with Gasteiger partial charge < -0.3 is 14.8 Å². The highest BCUT2D eigenvalue weighted by molar-refractivity contribution is 6.02. The SMILES string of the molecule is CCCCOc1ccc(/C=C/C(=O)Nc2c(C)cccc2C)cc1OCC. The Morgan fingerprint density at radius 3 is 2.44 bits per heavy atom. The molecule has 0 heterocycles. The predicted molar refractivity (Wildman–Crippen MR) is 112 cm³/mol. The van der Waals surface area contributed by atoms with Crippen LogP contribution in [0.4, 0.5) is 5.69 Å². The summed E-state index contributed by atoms with van der Waals surface area (Å²) in [7, 11) is 0. The number of benzene rings is 2. The number of amides is 1. The molecule has 0 fully saturated rings. The Balaban J connectivity index is 2.08. The van der Waals surface area contributed by atoms with Crippen LogP contribution in [0.1, 0.15) is 43.4 Å². The van der Waals surface area contributed by atoms with Gasteiger partial charge in [-0.15, -0.1) is 0 Å². The van der Waals surface area contributed by atoms with E-state index in [-0.39, 0.29) is 5.91 Å². The van der Waals surface area contributed by atoms with Gasteiger partial charge in [0.05, 0.1) is 13.2 Å². The highest BCUT2D eigenvalue weighted by atomic mass is 16.5. The van der Waals surface area contributed by atoms with Crippen LogP contribution in [0, 0.1) is 13.8 Å². The molecule has 0 radical (unpaired) electrons. The third-order valence-electron chi connectivity index (χ3n) is 4.18. The summed E-state index contributed by atoms with van der Waals surface area (Å²) in [6, 6.07) is 11.7. The smallest absolute Gasteiger partial charge is 0.248 e. The maximum Gasteiger partial charge on any atom is 0.248 e. The van der Waals surface area contributed by atoms with E-state index in [1.807, 2.05) is 57.2 Å². The molecule has 2 aromatic rings. The quantitative estimate of drug-likeness (QED) is 0.468. The minimum absolute atomic E-state index is 0.159. The van der Waals surface area contributed by atoms with Gasteiger partial charge in [-0.05, 0) is 62.1 Å². The number of ether oxygens (including phenoxy) is 2. The molecule has 0 aliphatic rings. The third-order valence-corrected chi connectivity index (χ3v) is 4.18. The molecule has 1 N–H and O–H groups in total. The number of hydrogen-bond acceptors (Lipinski definition) is 3. The zero-order chi connectivity index (χ0) is 19.6. The van der Waals surface area contributed by atoms with E-state index in [1.165, 1.54) is 6.08 Å². The van der Waals surface area contributed by atoms with Crippen molar-refractivity contribution in [2.24, 2.45) is 0 Å². The van der Waals surface area contributed by atoms with Crippen molar-refractivity contribution in [3.63, 3.8) is 0 Å². The number of rotatable bonds is 9. The molecule has 0 unspecified atom stereocenters. The lowest BCUT2D eigenvalue weighted by atomic mass is 10.1. The Labute approximate surface area is 162 Å². The first kappa shape index (κ1) is 20.6. The van der Waals surface area contributed by atoms with Crippen molar-refractivity contribution in [3.8, 4) is 11.5 Å². The number of aryl methyl sites for hydroxylation is 2. The maximum atomic E-state index is 12.3. The normalized spacial score (nSPS) is 10.8. The molecular formula is C23H29NO3. The molecular weight excluding hydrogens is 338 g/mol. The first-order valence-corrected chi connectivity index (χ1v) is 9.50. The minimum atomic E-state index is -0.159. The van der Waals surface area contributed by atoms with Gasteiger partial charge in [0.25, 0.3) is 0 Å². The average molecular weight is 367 g/mol. The molecule has 27 heavy (non-hydrogen) atoms. The molecule has 144 valence electrons. The van der Waals surface area contributed by atoms with Crippen molar-refractivity contribution < 1.29 is 14.3 Å². The van der Waals surface area contributed by atoms with Crippen molar-refractivity contribution in [1.29, 1.82) is 0 Å². The van der Waals surface area contributed by atoms with Gasteiger partial charge >= 0.3 is 0 Å². The number of para-hydroxylation sites is 1. The lowest BCUT2D eigenvalue weighted by Gasteiger charge is -2.12. The van der Waals surface area contributed by atoms with Crippen LogP contribution in [-0.4, -0.2) is 19.1 Å². The summed E-state index contributed by atoms with van der Waals surface area (Å²) in [5.74, 6) is 1.28. The highest BCUT2D eigenvalue weighted by Crippen LogP contribution is 2.29. The second-order valence-corrected chi connectivity index (χ2v) is 6.43. The number of hydrogen-bond donors (Lipinski definition) is 1. The zero-order valence-corrected chi connectivity index (χ0v) is 16.7. The number of carbonyl (C=O) groups excluding carboxylic acids is 1. The Bertz CT molecular complexity index is 776. The van der Waals surface area contributed by atoms with Crippen LogP contribution in [-0.2, 0) is 4.79 Å². The highest BCUT2D eigenvalue weighted by Gasteiger charge is 2.07. The second-order valence-electron chi connectivity index (χ2n) is 6.43. The molecule has 4 heteroatoms. The van der Waals surface area contributed by atoms with E-state index in [4.69, 9.17) is 9.47 Å². The fraction of sp³-hybridized carbons (Fsp3) is 0.348. The molecule has 1 amide bonds. The molecule has 0 aliphatic heterocycles. The van der Waals surface area contributed by atoms with Gasteiger partial charge in [0.1, 0.15) is 0 Å². The molecule has 0 bridgehead atoms. The van der Waals surface area contributed by atoms with Gasteiger partial charge in [0, 0.05) is 11.8 Å². The topological polar surface area (TPSA) is 47.6 Å². The molecule has 0 saturated carbocycles. The number of carbonyl (C=O) groups is 1. The Hall–Kier alpha value is -2.75. The molecule has 0 aromatic heterocycles. The van der Waals surface area contributed by atoms with E-state index < -0.39 is 0 Å². The molecule has 0 aliphatic carbocycles. The number of anilines is 1. The summed E-state index contributed by atoms with van der Waals surface area (Å²) >= 11 is 0. The summed E-state index contributed by atoms with van der Waals surface area (Å²) in [6.07, 6.45) is 5.40. The second kappa shape index (κ2) is 10.4. The first-order valence-electron chi connectivity index (χ1n) is 9.50. The first-order chi connectivity index (χ1) is 13.0. The lowest BCUT2D eigenvalue weighted by Crippen LogP contribution is -2.10. The number of unbranched alkanes of at least 4 members (excludes halogenated alkanes) is 1. The van der Waals surface area contributed by atoms with Crippen LogP contribution in [0.3, 0.4) is 0 Å². The Morgan fingerprint density at radius 2 is 1.78 bits per heavy atom. The summed E-state index contributed by atoms with van der Waals surface area (Å²) in [5, 5.41) is 2.95. The van der Waals surface area contributed by atoms with Crippen molar-refractivity contribution in [2.45, 2.75) is 40.5 Å². The van der Waals surface area contributed by atoms with Crippen molar-refractivity contribution in [3.05, 3.63) is 59.2 Å². The van der Waals surface area contributed by atoms with Gasteiger partial charge in [-0.25, -0.2) is 0 Å². The summed E-state index contributed by atoms with van der Waals surface area (Å²) in [5.41, 5.74) is 3.84. The molecule has 0 saturated heterocycles. The summed E-state index contributed by atoms with van der Waals surface area (Å²) in [6.45, 7) is 9.27. The van der Waals surface area contributed by atoms with E-state index >= 15 is 0 Å². The fourth-order valence-electron chi connectivity index (χ4n) is 2.69. The molecule has 0 atom stereocenters. The van der Waals surface area contributed by atoms with E-state index in [9.17, 15) is 4.79 Å². The van der Waals surface area contributed by atoms with Gasteiger partial charge in [-0.2, -0.15) is 0 Å². The van der Waals surface area contributed by atoms with E-state index in [0.717, 1.165) is 41.0 Å². The monoisotopic (exact) mass is 367 g/mol. The largest absolute Gasteiger partial charge is 0.490 e. The number of nitrogens with one attached hydrogen (secondary N) is 1. The fourth-order valence-corrected chi connectivity index (χ4v) is 2.69. The Kier molecular flexibility index (Phi) is 7.93. The minimum Gasteiger partial charge on any atom is -0.490 e. The summed E-state index contributed by atoms with van der Waals surface area (Å²) in [4.78, 5) is 12.3. The van der Waals surface area contributed by atoms with Crippen LogP contribution < -0.4 is 14.8 Å². The van der Waals surface area contributed by atoms with Crippen LogP contribution in [0.2, 0.25) is 0 Å². The van der Waals surface area contributed by atoms with E-state index in [0.29, 0.717) is 19.0 Å². The van der Waals surface area contributed by atoms with E-state index in [1.54, 1.807) is 6.08 Å². The Morgan fingerprint density at radius 1 is 1.04 bits per heavy atom. The van der Waals surface area contributed by atoms with Gasteiger partial charge in [-0.3, -0.25) is 4.79 Å². The molecule has 2 rings (SSSR count). The van der Waals surface area contributed by atoms with Gasteiger partial charge in [0.15, 0.2) is 11.5 Å². The van der Waals surface area contributed by atoms with Crippen LogP contribution >= 0.6 is 0 Å². The van der Waals surface area contributed by atoms with Crippen molar-refractivity contribution in [2.75, 3.05) is 18.5 Å². The summed E-state index contributed by atoms with van der Waals surface area (Å²) < 4.78 is 11.5. The zero-order valence-electron chi connectivity index (χ0n) is 16.7. The predicted octanol–water partition coefficient (Wildman–Crippen LogP) is 5.53. The van der Waals surface area contributed by atoms with Crippen molar-refractivity contribution in [1.82, 2.24) is 0 Å². The molecule has 0 spiro atoms. The molecule has 4 nitrogen and oxygen atoms in total. The van der Waals surface area contributed by atoms with E-state index in [2.05, 4.69) is 12.2 Å². The van der Waals surface area contributed by atoms with Crippen molar-refractivity contribution >= 4 is 17.7 Å². The van der Waals surface area contributed by atoms with Crippen LogP contribution in [0.5, 0.6) is 11.5 Å². The van der Waals surface area contributed by atoms with Gasteiger partial charge in [0.2, 0.25) is 5.91 Å². The van der Waals surface area contributed by atoms with Crippen LogP contribution in [0.25, 0.3) is 6.08 Å².